The van der Waals surface area contributed by atoms with Crippen LogP contribution in [0.15, 0.2) is 0 Å². The van der Waals surface area contributed by atoms with E-state index in [1.807, 2.05) is 0 Å². The van der Waals surface area contributed by atoms with E-state index in [9.17, 15) is 20.1 Å². The molecule has 0 bridgehead atoms. The van der Waals surface area contributed by atoms with Crippen molar-refractivity contribution in [1.82, 2.24) is 0 Å². The minimum Gasteiger partial charge on any atom is -0.457 e. The Kier molecular flexibility index (Phi) is 6.16. The summed E-state index contributed by atoms with van der Waals surface area (Å²) in [5.74, 6) is -0.652. The van der Waals surface area contributed by atoms with Crippen molar-refractivity contribution >= 4 is 14.3 Å². The molecular weight excluding hydrogens is 308 g/mol. The van der Waals surface area contributed by atoms with Crippen molar-refractivity contribution in [2.75, 3.05) is 6.61 Å². The average Bonchev–Trinajstić information content (AvgIpc) is 2.35. The molecule has 0 spiro atoms. The smallest absolute Gasteiger partial charge is 0.303 e. The van der Waals surface area contributed by atoms with Crippen molar-refractivity contribution in [3.8, 4) is 0 Å². The maximum Gasteiger partial charge on any atom is 0.303 e. The average molecular weight is 336 g/mol. The molecule has 0 radical (unpaired) electrons. The first-order chi connectivity index (χ1) is 9.86. The van der Waals surface area contributed by atoms with Gasteiger partial charge in [-0.25, -0.2) is 0 Å². The third-order valence-corrected chi connectivity index (χ3v) is 8.88. The van der Waals surface area contributed by atoms with Crippen molar-refractivity contribution < 1.29 is 34.0 Å². The lowest BCUT2D eigenvalue weighted by Gasteiger charge is -2.42. The molecule has 3 N–H and O–H groups in total. The third-order valence-electron chi connectivity index (χ3n) is 4.38. The molecule has 0 amide bonds. The summed E-state index contributed by atoms with van der Waals surface area (Å²) in [4.78, 5) is 11.1. The lowest BCUT2D eigenvalue weighted by molar-refractivity contribution is -0.288. The minimum atomic E-state index is -2.05. The van der Waals surface area contributed by atoms with E-state index in [0.717, 1.165) is 0 Å². The van der Waals surface area contributed by atoms with Gasteiger partial charge in [0, 0.05) is 6.92 Å². The number of carbonyl (C=O) groups excluding carboxylic acids is 1. The summed E-state index contributed by atoms with van der Waals surface area (Å²) < 4.78 is 16.0. The van der Waals surface area contributed by atoms with Gasteiger partial charge in [-0.05, 0) is 18.1 Å². The van der Waals surface area contributed by atoms with Gasteiger partial charge in [0.2, 0.25) is 0 Å². The summed E-state index contributed by atoms with van der Waals surface area (Å²) in [5, 5.41) is 29.7. The van der Waals surface area contributed by atoms with Gasteiger partial charge in [0.05, 0.1) is 6.61 Å². The van der Waals surface area contributed by atoms with Gasteiger partial charge < -0.3 is 29.2 Å². The maximum atomic E-state index is 11.1. The van der Waals surface area contributed by atoms with E-state index in [1.54, 1.807) is 0 Å². The quantitative estimate of drug-likeness (QED) is 0.503. The van der Waals surface area contributed by atoms with Crippen LogP contribution in [0.5, 0.6) is 0 Å². The first-order valence-corrected chi connectivity index (χ1v) is 10.3. The van der Waals surface area contributed by atoms with E-state index in [1.165, 1.54) is 6.92 Å². The molecule has 8 heteroatoms. The normalized spacial score (nSPS) is 33.6. The van der Waals surface area contributed by atoms with Crippen molar-refractivity contribution in [2.45, 2.75) is 76.5 Å². The molecule has 7 nitrogen and oxygen atoms in total. The maximum absolute atomic E-state index is 11.1. The van der Waals surface area contributed by atoms with Crippen LogP contribution in [0.4, 0.5) is 0 Å². The van der Waals surface area contributed by atoms with E-state index >= 15 is 0 Å². The highest BCUT2D eigenvalue weighted by molar-refractivity contribution is 6.74. The van der Waals surface area contributed by atoms with Crippen LogP contribution in [0.25, 0.3) is 0 Å². The molecule has 1 fully saturated rings. The summed E-state index contributed by atoms with van der Waals surface area (Å²) in [5.41, 5.74) is 0. The molecule has 22 heavy (non-hydrogen) atoms. The Hall–Kier alpha value is -0.513. The number of carbonyl (C=O) groups is 1. The Morgan fingerprint density at radius 2 is 1.73 bits per heavy atom. The van der Waals surface area contributed by atoms with Gasteiger partial charge in [-0.2, -0.15) is 0 Å². The molecule has 1 heterocycles. The van der Waals surface area contributed by atoms with Crippen LogP contribution in [-0.2, 0) is 18.7 Å². The molecule has 0 aromatic rings. The number of ether oxygens (including phenoxy) is 2. The summed E-state index contributed by atoms with van der Waals surface area (Å²) in [6, 6.07) is 0. The topological polar surface area (TPSA) is 105 Å². The van der Waals surface area contributed by atoms with Gasteiger partial charge in [0.25, 0.3) is 0 Å². The fraction of sp³-hybridized carbons (Fsp3) is 0.929. The molecule has 130 valence electrons. The molecule has 0 aromatic heterocycles. The third kappa shape index (κ3) is 4.50. The van der Waals surface area contributed by atoms with Crippen molar-refractivity contribution in [2.24, 2.45) is 0 Å². The van der Waals surface area contributed by atoms with Crippen LogP contribution in [0.1, 0.15) is 27.7 Å². The Bertz CT molecular complexity index is 393. The lowest BCUT2D eigenvalue weighted by Crippen LogP contribution is -2.60. The number of rotatable bonds is 4. The fourth-order valence-corrected chi connectivity index (χ4v) is 2.91. The zero-order valence-electron chi connectivity index (χ0n) is 14.1. The van der Waals surface area contributed by atoms with Crippen molar-refractivity contribution in [3.63, 3.8) is 0 Å². The molecular formula is C14H28O7Si. The highest BCUT2D eigenvalue weighted by Crippen LogP contribution is 2.37. The first kappa shape index (κ1) is 19.5. The van der Waals surface area contributed by atoms with Gasteiger partial charge in [-0.1, -0.05) is 20.8 Å². The molecule has 0 aliphatic carbocycles. The molecule has 0 unspecified atom stereocenters. The Balaban J connectivity index is 2.76. The van der Waals surface area contributed by atoms with E-state index in [0.29, 0.717) is 0 Å². The molecule has 0 aromatic carbocycles. The second kappa shape index (κ2) is 6.94. The number of esters is 1. The van der Waals surface area contributed by atoms with Crippen molar-refractivity contribution in [1.29, 1.82) is 0 Å². The molecule has 1 rings (SSSR count). The zero-order chi connectivity index (χ0) is 17.3. The number of aliphatic hydroxyl groups excluding tert-OH is 3. The number of hydrogen-bond donors (Lipinski definition) is 3. The summed E-state index contributed by atoms with van der Waals surface area (Å²) in [6.07, 6.45) is -6.43. The lowest BCUT2D eigenvalue weighted by atomic mass is 9.99. The Labute approximate surface area is 132 Å². The van der Waals surface area contributed by atoms with Crippen LogP contribution < -0.4 is 0 Å². The summed E-state index contributed by atoms with van der Waals surface area (Å²) in [6.45, 7) is 11.6. The van der Waals surface area contributed by atoms with E-state index < -0.39 is 45.0 Å². The van der Waals surface area contributed by atoms with Crippen LogP contribution in [-0.4, -0.2) is 66.9 Å². The molecule has 1 aliphatic rings. The predicted octanol–water partition coefficient (Wildman–Crippen LogP) is 0.379. The highest BCUT2D eigenvalue weighted by Gasteiger charge is 2.47. The molecule has 1 aliphatic heterocycles. The Morgan fingerprint density at radius 3 is 2.18 bits per heavy atom. The second-order valence-electron chi connectivity index (χ2n) is 7.19. The van der Waals surface area contributed by atoms with E-state index in [2.05, 4.69) is 33.9 Å². The first-order valence-electron chi connectivity index (χ1n) is 7.37. The van der Waals surface area contributed by atoms with E-state index in [-0.39, 0.29) is 11.6 Å². The van der Waals surface area contributed by atoms with Gasteiger partial charge >= 0.3 is 5.97 Å². The zero-order valence-corrected chi connectivity index (χ0v) is 15.1. The number of hydrogen-bond acceptors (Lipinski definition) is 7. The van der Waals surface area contributed by atoms with Crippen LogP contribution in [0, 0.1) is 0 Å². The summed E-state index contributed by atoms with van der Waals surface area (Å²) in [7, 11) is -2.05. The Morgan fingerprint density at radius 1 is 1.18 bits per heavy atom. The van der Waals surface area contributed by atoms with Gasteiger partial charge in [-0.3, -0.25) is 4.79 Å². The molecule has 0 saturated carbocycles. The van der Waals surface area contributed by atoms with Crippen molar-refractivity contribution in [3.05, 3.63) is 0 Å². The van der Waals surface area contributed by atoms with Gasteiger partial charge in [0.1, 0.15) is 18.3 Å². The predicted molar refractivity (Wildman–Crippen MR) is 81.6 cm³/mol. The van der Waals surface area contributed by atoms with Crippen LogP contribution in [0.2, 0.25) is 18.1 Å². The standard InChI is InChI=1S/C14H28O7Si/c1-8(15)20-12-10(16)9(21-13(18)11(12)17)7-19-22(5,6)14(2,3)4/h9-13,16-18H,7H2,1-6H3/t9-,10-,11+,12+,13+/m1/s1. The monoisotopic (exact) mass is 336 g/mol. The van der Waals surface area contributed by atoms with Crippen LogP contribution in [0.3, 0.4) is 0 Å². The largest absolute Gasteiger partial charge is 0.457 e. The van der Waals surface area contributed by atoms with Gasteiger partial charge in [-0.15, -0.1) is 0 Å². The fourth-order valence-electron chi connectivity index (χ4n) is 1.89. The minimum absolute atomic E-state index is 0.0139. The molecule has 1 saturated heterocycles. The van der Waals surface area contributed by atoms with Crippen LogP contribution >= 0.6 is 0 Å². The van der Waals surface area contributed by atoms with E-state index in [4.69, 9.17) is 13.9 Å². The summed E-state index contributed by atoms with van der Waals surface area (Å²) >= 11 is 0. The van der Waals surface area contributed by atoms with Gasteiger partial charge in [0.15, 0.2) is 20.7 Å². The second-order valence-corrected chi connectivity index (χ2v) is 12.0. The SMILES string of the molecule is CC(=O)O[C@@H]1[C@H](O)[C@@H](O)O[C@H](CO[Si](C)(C)C(C)(C)C)[C@H]1O. The highest BCUT2D eigenvalue weighted by atomic mass is 28.4. The molecule has 5 atom stereocenters. The number of aliphatic hydroxyl groups is 3.